The molecule has 0 aliphatic rings. The molecule has 6 nitrogen and oxygen atoms in total. The van der Waals surface area contributed by atoms with Crippen LogP contribution in [0.3, 0.4) is 0 Å². The molecular formula is C4H2F8O6P2-2. The van der Waals surface area contributed by atoms with Crippen molar-refractivity contribution in [1.29, 1.82) is 0 Å². The van der Waals surface area contributed by atoms with E-state index in [4.69, 9.17) is 9.79 Å². The summed E-state index contributed by atoms with van der Waals surface area (Å²) in [5.74, 6) is -15.1. The molecule has 0 saturated heterocycles. The second-order valence-corrected chi connectivity index (χ2v) is 6.48. The third-order valence-corrected chi connectivity index (χ3v) is 3.84. The number of rotatable bonds is 5. The van der Waals surface area contributed by atoms with E-state index in [-0.39, 0.29) is 0 Å². The van der Waals surface area contributed by atoms with Gasteiger partial charge in [0.05, 0.1) is 0 Å². The summed E-state index contributed by atoms with van der Waals surface area (Å²) < 4.78 is 120. The fourth-order valence-corrected chi connectivity index (χ4v) is 1.72. The SMILES string of the molecule is O=P([O-])(O)C(F)(F)C(F)(F)C(F)(F)C(F)(F)P(=O)([O-])O. The summed E-state index contributed by atoms with van der Waals surface area (Å²) in [6.45, 7) is 0. The summed E-state index contributed by atoms with van der Waals surface area (Å²) >= 11 is 0. The van der Waals surface area contributed by atoms with E-state index >= 15 is 0 Å². The van der Waals surface area contributed by atoms with Gasteiger partial charge in [0.2, 0.25) is 15.2 Å². The molecule has 0 spiro atoms. The first kappa shape index (κ1) is 19.7. The maximum absolute atomic E-state index is 12.6. The molecule has 0 bridgehead atoms. The van der Waals surface area contributed by atoms with Gasteiger partial charge in [-0.2, -0.15) is 35.1 Å². The van der Waals surface area contributed by atoms with Crippen molar-refractivity contribution in [1.82, 2.24) is 0 Å². The predicted octanol–water partition coefficient (Wildman–Crippen LogP) is 0.534. The summed E-state index contributed by atoms with van der Waals surface area (Å²) in [4.78, 5) is 35.2. The van der Waals surface area contributed by atoms with Crippen LogP contribution in [0.1, 0.15) is 0 Å². The molecule has 0 aromatic rings. The van der Waals surface area contributed by atoms with Crippen molar-refractivity contribution in [3.05, 3.63) is 0 Å². The zero-order chi connectivity index (χ0) is 17.0. The summed E-state index contributed by atoms with van der Waals surface area (Å²) in [5.41, 5.74) is -14.3. The Labute approximate surface area is 103 Å². The zero-order valence-electron chi connectivity index (χ0n) is 8.45. The molecule has 0 saturated carbocycles. The van der Waals surface area contributed by atoms with Crippen LogP contribution >= 0.6 is 15.2 Å². The van der Waals surface area contributed by atoms with Crippen LogP contribution in [0.2, 0.25) is 0 Å². The van der Waals surface area contributed by atoms with Gasteiger partial charge in [-0.1, -0.05) is 0 Å². The first-order valence-corrected chi connectivity index (χ1v) is 6.99. The highest BCUT2D eigenvalue weighted by Gasteiger charge is 2.85. The number of hydrogen-bond donors (Lipinski definition) is 2. The van der Waals surface area contributed by atoms with E-state index in [0.29, 0.717) is 0 Å². The second kappa shape index (κ2) is 4.62. The fourth-order valence-electron chi connectivity index (χ4n) is 0.733. The summed E-state index contributed by atoms with van der Waals surface area (Å²) in [6, 6.07) is 0. The van der Waals surface area contributed by atoms with Crippen molar-refractivity contribution < 1.29 is 63.8 Å². The van der Waals surface area contributed by atoms with Gasteiger partial charge in [-0.25, -0.2) is 0 Å². The van der Waals surface area contributed by atoms with Crippen LogP contribution in [-0.4, -0.2) is 33.0 Å². The highest BCUT2D eigenvalue weighted by Crippen LogP contribution is 2.68. The van der Waals surface area contributed by atoms with Crippen LogP contribution in [0.25, 0.3) is 0 Å². The number of halogens is 8. The van der Waals surface area contributed by atoms with Crippen LogP contribution in [0, 0.1) is 0 Å². The minimum absolute atomic E-state index is 7.14. The van der Waals surface area contributed by atoms with E-state index in [2.05, 4.69) is 0 Å². The Morgan fingerprint density at radius 1 is 0.650 bits per heavy atom. The van der Waals surface area contributed by atoms with Gasteiger partial charge in [0, 0.05) is 0 Å². The van der Waals surface area contributed by atoms with E-state index in [1.165, 1.54) is 0 Å². The highest BCUT2D eigenvalue weighted by atomic mass is 31.2. The normalized spacial score (nSPS) is 21.2. The van der Waals surface area contributed by atoms with Crippen molar-refractivity contribution >= 4 is 15.2 Å². The van der Waals surface area contributed by atoms with Crippen molar-refractivity contribution in [2.75, 3.05) is 0 Å². The molecule has 2 unspecified atom stereocenters. The lowest BCUT2D eigenvalue weighted by Crippen LogP contribution is -2.63. The lowest BCUT2D eigenvalue weighted by molar-refractivity contribution is -0.353. The average molecular weight is 360 g/mol. The van der Waals surface area contributed by atoms with Gasteiger partial charge in [-0.15, -0.1) is 0 Å². The topological polar surface area (TPSA) is 121 Å². The molecule has 122 valence electrons. The van der Waals surface area contributed by atoms with E-state index in [0.717, 1.165) is 0 Å². The molecule has 20 heavy (non-hydrogen) atoms. The smallest absolute Gasteiger partial charge is 0.387 e. The Balaban J connectivity index is 6.22. The maximum Gasteiger partial charge on any atom is 0.387 e. The van der Waals surface area contributed by atoms with E-state index < -0.39 is 38.4 Å². The third-order valence-electron chi connectivity index (χ3n) is 1.86. The average Bonchev–Trinajstić information content (AvgIpc) is 2.12. The standard InChI is InChI=1S/C4H4F8O6P2/c5-1(6,3(9,10)19(13,14)15)2(7,8)4(11,12)20(16,17)18/h(H2,13,14,15)(H2,16,17,18)/p-2. The van der Waals surface area contributed by atoms with Crippen molar-refractivity contribution in [2.45, 2.75) is 23.2 Å². The molecular weight excluding hydrogens is 358 g/mol. The quantitative estimate of drug-likeness (QED) is 0.545. The molecule has 2 atom stereocenters. The lowest BCUT2D eigenvalue weighted by atomic mass is 10.2. The second-order valence-electron chi connectivity index (χ2n) is 3.27. The van der Waals surface area contributed by atoms with Gasteiger partial charge >= 0.3 is 23.2 Å². The largest absolute Gasteiger partial charge is 0.774 e. The Kier molecular flexibility index (Phi) is 4.56. The fraction of sp³-hybridized carbons (Fsp3) is 1.00. The van der Waals surface area contributed by atoms with Crippen molar-refractivity contribution in [3.8, 4) is 0 Å². The van der Waals surface area contributed by atoms with Gasteiger partial charge in [-0.05, 0) is 0 Å². The van der Waals surface area contributed by atoms with Crippen molar-refractivity contribution in [3.63, 3.8) is 0 Å². The van der Waals surface area contributed by atoms with Crippen LogP contribution in [0.4, 0.5) is 35.1 Å². The molecule has 0 aliphatic carbocycles. The lowest BCUT2D eigenvalue weighted by Gasteiger charge is -2.41. The van der Waals surface area contributed by atoms with Gasteiger partial charge in [0.1, 0.15) is 0 Å². The molecule has 0 aromatic heterocycles. The molecule has 0 heterocycles. The maximum atomic E-state index is 12.6. The summed E-state index contributed by atoms with van der Waals surface area (Å²) in [7, 11) is -15.3. The molecule has 0 aliphatic heterocycles. The Bertz CT molecular complexity index is 433. The number of alkyl halides is 8. The van der Waals surface area contributed by atoms with Crippen LogP contribution in [-0.2, 0) is 9.13 Å². The van der Waals surface area contributed by atoms with E-state index in [1.54, 1.807) is 0 Å². The van der Waals surface area contributed by atoms with Crippen LogP contribution in [0.15, 0.2) is 0 Å². The van der Waals surface area contributed by atoms with Crippen LogP contribution < -0.4 is 9.79 Å². The molecule has 0 aromatic carbocycles. The molecule has 0 radical (unpaired) electrons. The van der Waals surface area contributed by atoms with E-state index in [9.17, 15) is 54.0 Å². The van der Waals surface area contributed by atoms with Gasteiger partial charge < -0.3 is 28.7 Å². The van der Waals surface area contributed by atoms with Gasteiger partial charge in [-0.3, -0.25) is 0 Å². The molecule has 2 N–H and O–H groups in total. The summed E-state index contributed by atoms with van der Waals surface area (Å²) in [6.07, 6.45) is 0. The molecule has 16 heteroatoms. The highest BCUT2D eigenvalue weighted by molar-refractivity contribution is 7.52. The first-order valence-electron chi connectivity index (χ1n) is 3.84. The van der Waals surface area contributed by atoms with E-state index in [1.807, 2.05) is 0 Å². The van der Waals surface area contributed by atoms with Gasteiger partial charge in [0.15, 0.2) is 0 Å². The van der Waals surface area contributed by atoms with Gasteiger partial charge in [0.25, 0.3) is 0 Å². The summed E-state index contributed by atoms with van der Waals surface area (Å²) in [5, 5.41) is 0. The number of hydrogen-bond acceptors (Lipinski definition) is 4. The minimum Gasteiger partial charge on any atom is -0.774 e. The molecule has 0 rings (SSSR count). The molecule has 0 amide bonds. The van der Waals surface area contributed by atoms with Crippen LogP contribution in [0.5, 0.6) is 0 Å². The zero-order valence-corrected chi connectivity index (χ0v) is 10.2. The predicted molar refractivity (Wildman–Crippen MR) is 39.4 cm³/mol. The molecule has 0 fully saturated rings. The Morgan fingerprint density at radius 3 is 0.900 bits per heavy atom. The first-order chi connectivity index (χ1) is 8.25. The van der Waals surface area contributed by atoms with Crippen molar-refractivity contribution in [2.24, 2.45) is 0 Å². The minimum atomic E-state index is -7.63. The monoisotopic (exact) mass is 360 g/mol. The Hall–Kier alpha value is -0.260. The third kappa shape index (κ3) is 2.48. The Morgan fingerprint density at radius 2 is 0.800 bits per heavy atom.